The molecule has 0 aliphatic carbocycles. The van der Waals surface area contributed by atoms with Crippen LogP contribution in [0.15, 0.2) is 30.5 Å². The van der Waals surface area contributed by atoms with E-state index in [4.69, 9.17) is 11.6 Å². The van der Waals surface area contributed by atoms with Crippen molar-refractivity contribution in [1.29, 1.82) is 0 Å². The zero-order valence-corrected chi connectivity index (χ0v) is 12.4. The van der Waals surface area contributed by atoms with E-state index in [0.29, 0.717) is 23.7 Å². The van der Waals surface area contributed by atoms with Gasteiger partial charge in [-0.2, -0.15) is 5.10 Å². The second-order valence-corrected chi connectivity index (χ2v) is 5.55. The predicted molar refractivity (Wildman–Crippen MR) is 77.2 cm³/mol. The molecule has 20 heavy (non-hydrogen) atoms. The lowest BCUT2D eigenvalue weighted by atomic mass is 9.93. The molecule has 0 amide bonds. The average Bonchev–Trinajstić information content (AvgIpc) is 2.74. The summed E-state index contributed by atoms with van der Waals surface area (Å²) in [5.74, 6) is -0.289. The summed E-state index contributed by atoms with van der Waals surface area (Å²) in [6.07, 6.45) is 2.80. The molecule has 5 heteroatoms. The third kappa shape index (κ3) is 3.19. The molecule has 1 atom stereocenters. The molecule has 2 aromatic rings. The van der Waals surface area contributed by atoms with E-state index in [2.05, 4.69) is 5.10 Å². The van der Waals surface area contributed by atoms with Gasteiger partial charge >= 0.3 is 0 Å². The first-order valence-corrected chi connectivity index (χ1v) is 7.00. The van der Waals surface area contributed by atoms with Crippen LogP contribution in [0, 0.1) is 5.82 Å². The number of aliphatic hydroxyl groups is 1. The van der Waals surface area contributed by atoms with Gasteiger partial charge in [0.05, 0.1) is 16.9 Å². The molecule has 1 heterocycles. The molecule has 0 bridgehead atoms. The molecule has 1 aromatic heterocycles. The molecule has 0 radical (unpaired) electrons. The van der Waals surface area contributed by atoms with Crippen LogP contribution in [0.25, 0.3) is 0 Å². The van der Waals surface area contributed by atoms with Gasteiger partial charge in [0, 0.05) is 13.0 Å². The van der Waals surface area contributed by atoms with E-state index in [1.54, 1.807) is 29.9 Å². The third-order valence-electron chi connectivity index (χ3n) is 3.20. The highest BCUT2D eigenvalue weighted by atomic mass is 35.5. The van der Waals surface area contributed by atoms with E-state index in [9.17, 15) is 9.50 Å². The van der Waals surface area contributed by atoms with Crippen LogP contribution in [0.2, 0.25) is 5.02 Å². The highest BCUT2D eigenvalue weighted by molar-refractivity contribution is 6.31. The van der Waals surface area contributed by atoms with Gasteiger partial charge in [0.2, 0.25) is 0 Å². The van der Waals surface area contributed by atoms with Crippen molar-refractivity contribution < 1.29 is 9.50 Å². The topological polar surface area (TPSA) is 38.0 Å². The van der Waals surface area contributed by atoms with Crippen molar-refractivity contribution >= 4 is 11.6 Å². The van der Waals surface area contributed by atoms with E-state index in [-0.39, 0.29) is 5.82 Å². The molecular weight excluding hydrogens is 279 g/mol. The quantitative estimate of drug-likeness (QED) is 0.916. The second-order valence-electron chi connectivity index (χ2n) is 5.14. The highest BCUT2D eigenvalue weighted by Crippen LogP contribution is 2.31. The maximum Gasteiger partial charge on any atom is 0.123 e. The average molecular weight is 297 g/mol. The fourth-order valence-corrected chi connectivity index (χ4v) is 2.71. The number of nitrogens with zero attached hydrogens (tertiary/aromatic N) is 2. The third-order valence-corrected chi connectivity index (χ3v) is 3.48. The Bertz CT molecular complexity index is 578. The number of hydrogen-bond acceptors (Lipinski definition) is 2. The molecule has 2 rings (SSSR count). The van der Waals surface area contributed by atoms with Gasteiger partial charge in [-0.15, -0.1) is 0 Å². The lowest BCUT2D eigenvalue weighted by molar-refractivity contribution is 0.0478. The Hall–Kier alpha value is -1.39. The van der Waals surface area contributed by atoms with Crippen molar-refractivity contribution in [3.8, 4) is 0 Å². The largest absolute Gasteiger partial charge is 0.383 e. The van der Waals surface area contributed by atoms with Crippen LogP contribution in [0.5, 0.6) is 0 Å². The van der Waals surface area contributed by atoms with Crippen molar-refractivity contribution in [2.45, 2.75) is 38.8 Å². The number of aromatic nitrogens is 2. The summed E-state index contributed by atoms with van der Waals surface area (Å²) in [5, 5.41) is 15.4. The Kier molecular flexibility index (Phi) is 4.45. The van der Waals surface area contributed by atoms with Crippen LogP contribution >= 0.6 is 11.6 Å². The van der Waals surface area contributed by atoms with Crippen molar-refractivity contribution in [2.75, 3.05) is 0 Å². The predicted octanol–water partition coefficient (Wildman–Crippen LogP) is 3.54. The van der Waals surface area contributed by atoms with Crippen LogP contribution in [-0.4, -0.2) is 14.9 Å². The smallest absolute Gasteiger partial charge is 0.123 e. The lowest BCUT2D eigenvalue weighted by Gasteiger charge is -2.25. The number of hydrogen-bond donors (Lipinski definition) is 1. The Labute approximate surface area is 123 Å². The van der Waals surface area contributed by atoms with Crippen LogP contribution in [0.4, 0.5) is 4.39 Å². The van der Waals surface area contributed by atoms with Gasteiger partial charge in [0.15, 0.2) is 0 Å². The Morgan fingerprint density at radius 3 is 2.60 bits per heavy atom. The molecule has 1 N–H and O–H groups in total. The van der Waals surface area contributed by atoms with Gasteiger partial charge in [0.1, 0.15) is 11.4 Å². The van der Waals surface area contributed by atoms with Crippen LogP contribution < -0.4 is 0 Å². The minimum absolute atomic E-state index is 0.289. The number of benzene rings is 1. The van der Waals surface area contributed by atoms with E-state index >= 15 is 0 Å². The first kappa shape index (κ1) is 15.0. The zero-order valence-electron chi connectivity index (χ0n) is 11.6. The summed E-state index contributed by atoms with van der Waals surface area (Å²) in [5.41, 5.74) is 0.294. The molecule has 0 saturated carbocycles. The molecule has 0 saturated heterocycles. The Morgan fingerprint density at radius 2 is 2.00 bits per heavy atom. The molecule has 0 aliphatic rings. The van der Waals surface area contributed by atoms with Gasteiger partial charge < -0.3 is 5.11 Å². The van der Waals surface area contributed by atoms with Gasteiger partial charge in [-0.25, -0.2) is 4.39 Å². The monoisotopic (exact) mass is 296 g/mol. The van der Waals surface area contributed by atoms with Gasteiger partial charge in [-0.3, -0.25) is 4.68 Å². The van der Waals surface area contributed by atoms with Crippen molar-refractivity contribution in [1.82, 2.24) is 9.78 Å². The van der Waals surface area contributed by atoms with E-state index in [0.717, 1.165) is 12.0 Å². The second kappa shape index (κ2) is 5.94. The van der Waals surface area contributed by atoms with Gasteiger partial charge in [-0.05, 0) is 31.0 Å². The van der Waals surface area contributed by atoms with Crippen LogP contribution in [-0.2, 0) is 18.6 Å². The maximum atomic E-state index is 12.9. The molecule has 1 unspecified atom stereocenters. The minimum Gasteiger partial charge on any atom is -0.383 e. The van der Waals surface area contributed by atoms with E-state index < -0.39 is 5.60 Å². The van der Waals surface area contributed by atoms with E-state index in [1.165, 1.54) is 12.1 Å². The van der Waals surface area contributed by atoms with Crippen molar-refractivity contribution in [2.24, 2.45) is 0 Å². The summed E-state index contributed by atoms with van der Waals surface area (Å²) in [6, 6.07) is 6.10. The Morgan fingerprint density at radius 1 is 1.35 bits per heavy atom. The summed E-state index contributed by atoms with van der Waals surface area (Å²) in [7, 11) is 0. The minimum atomic E-state index is -1.15. The molecule has 108 valence electrons. The lowest BCUT2D eigenvalue weighted by Crippen LogP contribution is -2.28. The summed E-state index contributed by atoms with van der Waals surface area (Å²) >= 11 is 6.15. The SMILES string of the molecule is CCCn1ncc(Cl)c1C(C)(O)Cc1ccc(F)cc1. The molecule has 1 aromatic carbocycles. The molecule has 3 nitrogen and oxygen atoms in total. The molecule has 0 fully saturated rings. The standard InChI is InChI=1S/C15H18ClFN2O/c1-3-8-19-14(13(16)10-18-19)15(2,20)9-11-4-6-12(17)7-5-11/h4-7,10,20H,3,8-9H2,1-2H3. The normalized spacial score (nSPS) is 14.2. The molecule has 0 spiro atoms. The summed E-state index contributed by atoms with van der Waals surface area (Å²) in [6.45, 7) is 4.43. The molecule has 0 aliphatic heterocycles. The summed E-state index contributed by atoms with van der Waals surface area (Å²) < 4.78 is 14.7. The summed E-state index contributed by atoms with van der Waals surface area (Å²) in [4.78, 5) is 0. The number of rotatable bonds is 5. The number of halogens is 2. The highest BCUT2D eigenvalue weighted by Gasteiger charge is 2.30. The van der Waals surface area contributed by atoms with Crippen molar-refractivity contribution in [3.05, 3.63) is 52.6 Å². The fraction of sp³-hybridized carbons (Fsp3) is 0.400. The van der Waals surface area contributed by atoms with E-state index in [1.807, 2.05) is 6.92 Å². The van der Waals surface area contributed by atoms with Crippen LogP contribution in [0.3, 0.4) is 0 Å². The fourth-order valence-electron chi connectivity index (χ4n) is 2.36. The van der Waals surface area contributed by atoms with Crippen LogP contribution in [0.1, 0.15) is 31.5 Å². The van der Waals surface area contributed by atoms with Gasteiger partial charge in [0.25, 0.3) is 0 Å². The zero-order chi connectivity index (χ0) is 14.8. The Balaban J connectivity index is 2.29. The molecular formula is C15H18ClFN2O. The van der Waals surface area contributed by atoms with Gasteiger partial charge in [-0.1, -0.05) is 30.7 Å². The first-order chi connectivity index (χ1) is 9.44. The maximum absolute atomic E-state index is 12.9. The first-order valence-electron chi connectivity index (χ1n) is 6.62. The van der Waals surface area contributed by atoms with Crippen molar-refractivity contribution in [3.63, 3.8) is 0 Å². The number of aryl methyl sites for hydroxylation is 1.